The third kappa shape index (κ3) is 3.39. The maximum atomic E-state index is 10.9. The summed E-state index contributed by atoms with van der Waals surface area (Å²) in [5.41, 5.74) is 2.04. The third-order valence-electron chi connectivity index (χ3n) is 3.41. The highest BCUT2D eigenvalue weighted by atomic mass is 32.2. The number of nitriles is 1. The average Bonchev–Trinajstić information content (AvgIpc) is 3.15. The Morgan fingerprint density at radius 2 is 2.16 bits per heavy atom. The molecule has 0 aliphatic carbocycles. The van der Waals surface area contributed by atoms with Gasteiger partial charge in [0.2, 0.25) is 0 Å². The van der Waals surface area contributed by atoms with E-state index in [1.165, 1.54) is 0 Å². The molecular formula is C16H14N6O2S. The van der Waals surface area contributed by atoms with E-state index in [9.17, 15) is 4.79 Å². The van der Waals surface area contributed by atoms with Gasteiger partial charge in [-0.25, -0.2) is 0 Å². The summed E-state index contributed by atoms with van der Waals surface area (Å²) >= 11 is 1.08. The van der Waals surface area contributed by atoms with Gasteiger partial charge in [0.15, 0.2) is 11.0 Å². The zero-order chi connectivity index (χ0) is 18.0. The summed E-state index contributed by atoms with van der Waals surface area (Å²) in [5.74, 6) is 0.169. The number of aliphatic carboxylic acids is 1. The molecule has 2 aromatic heterocycles. The number of carboxylic acids is 1. The van der Waals surface area contributed by atoms with Crippen LogP contribution >= 0.6 is 11.8 Å². The van der Waals surface area contributed by atoms with Crippen molar-refractivity contribution in [3.05, 3.63) is 41.6 Å². The highest BCUT2D eigenvalue weighted by molar-refractivity contribution is 7.99. The number of aromatic nitrogens is 5. The van der Waals surface area contributed by atoms with Crippen LogP contribution in [0.4, 0.5) is 0 Å². The first-order valence-corrected chi connectivity index (χ1v) is 8.29. The van der Waals surface area contributed by atoms with Crippen LogP contribution in [0.15, 0.2) is 35.5 Å². The number of benzene rings is 1. The highest BCUT2D eigenvalue weighted by Gasteiger charge is 2.20. The first-order valence-electron chi connectivity index (χ1n) is 7.31. The summed E-state index contributed by atoms with van der Waals surface area (Å²) in [4.78, 5) is 10.9. The fourth-order valence-electron chi connectivity index (χ4n) is 2.42. The standard InChI is InChI=1S/C16H14N6O2S/c1-10-6-13(21(2)20-10)22-15(12-5-3-4-11(7-12)8-17)18-19-16(22)25-9-14(23)24/h3-7H,9H2,1-2H3,(H,23,24). The maximum absolute atomic E-state index is 10.9. The van der Waals surface area contributed by atoms with Gasteiger partial charge in [-0.1, -0.05) is 23.9 Å². The van der Waals surface area contributed by atoms with E-state index in [0.717, 1.165) is 17.5 Å². The molecule has 0 spiro atoms. The fraction of sp³-hybridized carbons (Fsp3) is 0.188. The minimum Gasteiger partial charge on any atom is -0.481 e. The number of carbonyl (C=O) groups is 1. The average molecular weight is 354 g/mol. The van der Waals surface area contributed by atoms with Crippen molar-refractivity contribution < 1.29 is 9.90 Å². The van der Waals surface area contributed by atoms with Crippen LogP contribution in [0.3, 0.4) is 0 Å². The van der Waals surface area contributed by atoms with Crippen LogP contribution in [0.1, 0.15) is 11.3 Å². The van der Waals surface area contributed by atoms with Gasteiger partial charge in [0, 0.05) is 18.7 Å². The second-order valence-corrected chi connectivity index (χ2v) is 6.23. The van der Waals surface area contributed by atoms with E-state index in [4.69, 9.17) is 10.4 Å². The monoisotopic (exact) mass is 354 g/mol. The van der Waals surface area contributed by atoms with Crippen LogP contribution in [0.5, 0.6) is 0 Å². The molecule has 0 unspecified atom stereocenters. The Labute approximate surface area is 147 Å². The van der Waals surface area contributed by atoms with Gasteiger partial charge in [-0.15, -0.1) is 10.2 Å². The van der Waals surface area contributed by atoms with Crippen molar-refractivity contribution in [3.63, 3.8) is 0 Å². The molecule has 25 heavy (non-hydrogen) atoms. The predicted molar refractivity (Wildman–Crippen MR) is 91.4 cm³/mol. The Kier molecular flexibility index (Phi) is 4.54. The zero-order valence-electron chi connectivity index (χ0n) is 13.5. The topological polar surface area (TPSA) is 110 Å². The Morgan fingerprint density at radius 3 is 2.80 bits per heavy atom. The lowest BCUT2D eigenvalue weighted by Gasteiger charge is -2.10. The van der Waals surface area contributed by atoms with Gasteiger partial charge >= 0.3 is 5.97 Å². The van der Waals surface area contributed by atoms with Gasteiger partial charge in [0.1, 0.15) is 5.82 Å². The zero-order valence-corrected chi connectivity index (χ0v) is 14.4. The van der Waals surface area contributed by atoms with Crippen LogP contribution in [0, 0.1) is 18.3 Å². The van der Waals surface area contributed by atoms with E-state index in [-0.39, 0.29) is 5.75 Å². The summed E-state index contributed by atoms with van der Waals surface area (Å²) in [6, 6.07) is 11.0. The molecule has 2 heterocycles. The van der Waals surface area contributed by atoms with Crippen molar-refractivity contribution >= 4 is 17.7 Å². The molecule has 0 radical (unpaired) electrons. The van der Waals surface area contributed by atoms with Crippen molar-refractivity contribution in [2.75, 3.05) is 5.75 Å². The Hall–Kier alpha value is -3.12. The molecule has 0 aliphatic heterocycles. The molecule has 1 N–H and O–H groups in total. The van der Waals surface area contributed by atoms with Gasteiger partial charge in [0.25, 0.3) is 0 Å². The van der Waals surface area contributed by atoms with Crippen LogP contribution in [0.25, 0.3) is 17.2 Å². The normalized spacial score (nSPS) is 10.6. The Balaban J connectivity index is 2.17. The van der Waals surface area contributed by atoms with Crippen molar-refractivity contribution in [1.82, 2.24) is 24.5 Å². The van der Waals surface area contributed by atoms with E-state index in [1.54, 1.807) is 34.5 Å². The van der Waals surface area contributed by atoms with E-state index < -0.39 is 5.97 Å². The number of carboxylic acid groups (broad SMARTS) is 1. The second-order valence-electron chi connectivity index (χ2n) is 5.28. The van der Waals surface area contributed by atoms with Crippen LogP contribution in [0.2, 0.25) is 0 Å². The smallest absolute Gasteiger partial charge is 0.313 e. The van der Waals surface area contributed by atoms with Crippen LogP contribution in [-0.2, 0) is 11.8 Å². The van der Waals surface area contributed by atoms with Crippen molar-refractivity contribution in [1.29, 1.82) is 5.26 Å². The summed E-state index contributed by atoms with van der Waals surface area (Å²) in [6.45, 7) is 1.87. The van der Waals surface area contributed by atoms with Crippen LogP contribution in [-0.4, -0.2) is 41.4 Å². The first kappa shape index (κ1) is 16.7. The number of thioether (sulfide) groups is 1. The molecule has 0 bridgehead atoms. The van der Waals surface area contributed by atoms with E-state index >= 15 is 0 Å². The lowest BCUT2D eigenvalue weighted by Crippen LogP contribution is -2.07. The minimum absolute atomic E-state index is 0.132. The number of nitrogens with zero attached hydrogens (tertiary/aromatic N) is 6. The summed E-state index contributed by atoms with van der Waals surface area (Å²) in [6.07, 6.45) is 0. The van der Waals surface area contributed by atoms with Gasteiger partial charge in [-0.2, -0.15) is 10.4 Å². The van der Waals surface area contributed by atoms with Gasteiger partial charge in [-0.3, -0.25) is 14.0 Å². The Bertz CT molecular complexity index is 985. The summed E-state index contributed by atoms with van der Waals surface area (Å²) in [7, 11) is 1.80. The summed E-state index contributed by atoms with van der Waals surface area (Å²) in [5, 5.41) is 31.2. The van der Waals surface area contributed by atoms with Crippen molar-refractivity contribution in [3.8, 4) is 23.3 Å². The molecule has 0 saturated carbocycles. The number of aryl methyl sites for hydroxylation is 2. The number of hydrogen-bond donors (Lipinski definition) is 1. The molecule has 0 amide bonds. The van der Waals surface area contributed by atoms with Crippen molar-refractivity contribution in [2.24, 2.45) is 7.05 Å². The molecule has 0 saturated heterocycles. The second kappa shape index (κ2) is 6.78. The predicted octanol–water partition coefficient (Wildman–Crippen LogP) is 2.02. The van der Waals surface area contributed by atoms with E-state index in [2.05, 4.69) is 21.4 Å². The molecule has 9 heteroatoms. The summed E-state index contributed by atoms with van der Waals surface area (Å²) < 4.78 is 3.44. The molecule has 3 rings (SSSR count). The quantitative estimate of drug-likeness (QED) is 0.698. The Morgan fingerprint density at radius 1 is 1.36 bits per heavy atom. The molecule has 1 aromatic carbocycles. The largest absolute Gasteiger partial charge is 0.481 e. The lowest BCUT2D eigenvalue weighted by molar-refractivity contribution is -0.133. The molecule has 3 aromatic rings. The third-order valence-corrected chi connectivity index (χ3v) is 4.33. The number of hydrogen-bond acceptors (Lipinski definition) is 6. The van der Waals surface area contributed by atoms with Gasteiger partial charge in [0.05, 0.1) is 23.1 Å². The van der Waals surface area contributed by atoms with Crippen molar-refractivity contribution in [2.45, 2.75) is 12.1 Å². The lowest BCUT2D eigenvalue weighted by atomic mass is 10.1. The first-order chi connectivity index (χ1) is 12.0. The maximum Gasteiger partial charge on any atom is 0.313 e. The molecule has 0 aliphatic rings. The molecular weight excluding hydrogens is 340 g/mol. The van der Waals surface area contributed by atoms with E-state index in [0.29, 0.717) is 27.9 Å². The van der Waals surface area contributed by atoms with Gasteiger partial charge < -0.3 is 5.11 Å². The molecule has 8 nitrogen and oxygen atoms in total. The van der Waals surface area contributed by atoms with Crippen LogP contribution < -0.4 is 0 Å². The fourth-order valence-corrected chi connectivity index (χ4v) is 3.08. The highest BCUT2D eigenvalue weighted by Crippen LogP contribution is 2.28. The molecule has 0 atom stereocenters. The number of rotatable bonds is 5. The molecule has 126 valence electrons. The van der Waals surface area contributed by atoms with E-state index in [1.807, 2.05) is 19.1 Å². The van der Waals surface area contributed by atoms with Gasteiger partial charge in [-0.05, 0) is 19.1 Å². The minimum atomic E-state index is -0.936. The molecule has 0 fully saturated rings. The SMILES string of the molecule is Cc1cc(-n2c(SCC(=O)O)nnc2-c2cccc(C#N)c2)n(C)n1.